The van der Waals surface area contributed by atoms with Gasteiger partial charge in [-0.05, 0) is 22.6 Å². The third kappa shape index (κ3) is 4.23. The molecule has 0 radical (unpaired) electrons. The number of carbonyl (C=O) groups excluding carboxylic acids is 1. The fraction of sp³-hybridized carbons (Fsp3) is 0.375. The fourth-order valence-electron chi connectivity index (χ4n) is 0.703. The van der Waals surface area contributed by atoms with Crippen LogP contribution in [0, 0.1) is 3.57 Å². The van der Waals surface area contributed by atoms with Gasteiger partial charge in [0.25, 0.3) is 0 Å². The van der Waals surface area contributed by atoms with Crippen LogP contribution in [0.5, 0.6) is 0 Å². The lowest BCUT2D eigenvalue weighted by Gasteiger charge is -1.98. The molecule has 1 heterocycles. The molecule has 0 aromatic carbocycles. The smallest absolute Gasteiger partial charge is 0.306 e. The Morgan fingerprint density at radius 2 is 2.21 bits per heavy atom. The second kappa shape index (κ2) is 6.18. The molecule has 1 rings (SSSR count). The van der Waals surface area contributed by atoms with Gasteiger partial charge in [0.2, 0.25) is 0 Å². The summed E-state index contributed by atoms with van der Waals surface area (Å²) in [6.45, 7) is 0. The van der Waals surface area contributed by atoms with E-state index in [1.807, 2.05) is 0 Å². The number of carbonyl (C=O) groups is 1. The third-order valence-electron chi connectivity index (χ3n) is 1.36. The number of esters is 1. The van der Waals surface area contributed by atoms with Gasteiger partial charge in [-0.1, -0.05) is 11.8 Å². The van der Waals surface area contributed by atoms with Gasteiger partial charge in [0, 0.05) is 21.7 Å². The maximum atomic E-state index is 10.8. The van der Waals surface area contributed by atoms with E-state index in [0.29, 0.717) is 17.3 Å². The van der Waals surface area contributed by atoms with E-state index in [2.05, 4.69) is 37.3 Å². The minimum absolute atomic E-state index is 0.206. The fourth-order valence-corrected chi connectivity index (χ4v) is 1.69. The van der Waals surface area contributed by atoms with Crippen LogP contribution in [0.25, 0.3) is 0 Å². The van der Waals surface area contributed by atoms with Gasteiger partial charge in [0.1, 0.15) is 0 Å². The van der Waals surface area contributed by atoms with Crippen molar-refractivity contribution >= 4 is 40.3 Å². The first-order chi connectivity index (χ1) is 6.72. The summed E-state index contributed by atoms with van der Waals surface area (Å²) in [5.74, 6) is 0.441. The van der Waals surface area contributed by atoms with Crippen LogP contribution < -0.4 is 0 Å². The minimum atomic E-state index is -0.206. The van der Waals surface area contributed by atoms with Crippen LogP contribution >= 0.6 is 34.4 Å². The molecule has 76 valence electrons. The number of ether oxygens (including phenoxy) is 1. The van der Waals surface area contributed by atoms with Crippen molar-refractivity contribution in [2.24, 2.45) is 0 Å². The molecular weight excluding hydrogens is 315 g/mol. The SMILES string of the molecule is COC(=O)CCSc1ncc(I)cn1. The Bertz CT molecular complexity index is 305. The predicted molar refractivity (Wildman–Crippen MR) is 62.1 cm³/mol. The Morgan fingerprint density at radius 3 is 2.79 bits per heavy atom. The first kappa shape index (κ1) is 11.7. The number of thioether (sulfide) groups is 1. The van der Waals surface area contributed by atoms with Gasteiger partial charge >= 0.3 is 5.97 Å². The summed E-state index contributed by atoms with van der Waals surface area (Å²) in [5, 5.41) is 0.689. The lowest BCUT2D eigenvalue weighted by Crippen LogP contribution is -2.01. The highest BCUT2D eigenvalue weighted by Gasteiger charge is 2.02. The number of methoxy groups -OCH3 is 1. The summed E-state index contributed by atoms with van der Waals surface area (Å²) in [6.07, 6.45) is 3.87. The second-order valence-corrected chi connectivity index (χ2v) is 4.67. The Hall–Kier alpha value is -0.370. The van der Waals surface area contributed by atoms with Crippen LogP contribution in [0.15, 0.2) is 17.6 Å². The van der Waals surface area contributed by atoms with E-state index in [4.69, 9.17) is 0 Å². The zero-order valence-electron chi connectivity index (χ0n) is 7.57. The van der Waals surface area contributed by atoms with Crippen molar-refractivity contribution in [2.45, 2.75) is 11.6 Å². The maximum absolute atomic E-state index is 10.8. The summed E-state index contributed by atoms with van der Waals surface area (Å²) in [7, 11) is 1.38. The number of hydrogen-bond acceptors (Lipinski definition) is 5. The van der Waals surface area contributed by atoms with Crippen molar-refractivity contribution in [1.82, 2.24) is 9.97 Å². The molecule has 0 atom stereocenters. The minimum Gasteiger partial charge on any atom is -0.469 e. The maximum Gasteiger partial charge on any atom is 0.306 e. The van der Waals surface area contributed by atoms with Gasteiger partial charge in [0.05, 0.1) is 13.5 Å². The van der Waals surface area contributed by atoms with E-state index < -0.39 is 0 Å². The van der Waals surface area contributed by atoms with Crippen LogP contribution in [0.4, 0.5) is 0 Å². The van der Waals surface area contributed by atoms with Gasteiger partial charge in [-0.3, -0.25) is 4.79 Å². The average Bonchev–Trinajstić information content (AvgIpc) is 2.21. The number of nitrogens with zero attached hydrogens (tertiary/aromatic N) is 2. The Morgan fingerprint density at radius 1 is 1.57 bits per heavy atom. The van der Waals surface area contributed by atoms with Crippen LogP contribution in [-0.4, -0.2) is 28.8 Å². The topological polar surface area (TPSA) is 52.1 Å². The zero-order chi connectivity index (χ0) is 10.4. The molecule has 1 aromatic rings. The Kier molecular flexibility index (Phi) is 5.16. The summed E-state index contributed by atoms with van der Waals surface area (Å²) in [6, 6.07) is 0. The average molecular weight is 324 g/mol. The van der Waals surface area contributed by atoms with Crippen LogP contribution in [0.2, 0.25) is 0 Å². The highest BCUT2D eigenvalue weighted by molar-refractivity contribution is 14.1. The highest BCUT2D eigenvalue weighted by Crippen LogP contribution is 2.13. The van der Waals surface area contributed by atoms with Crippen molar-refractivity contribution in [3.05, 3.63) is 16.0 Å². The monoisotopic (exact) mass is 324 g/mol. The van der Waals surface area contributed by atoms with E-state index in [9.17, 15) is 4.79 Å². The molecule has 0 bridgehead atoms. The third-order valence-corrected chi connectivity index (χ3v) is 2.80. The van der Waals surface area contributed by atoms with E-state index in [-0.39, 0.29) is 5.97 Å². The van der Waals surface area contributed by atoms with E-state index in [1.54, 1.807) is 12.4 Å². The standard InChI is InChI=1S/C8H9IN2O2S/c1-13-7(12)2-3-14-8-10-4-6(9)5-11-8/h4-5H,2-3H2,1H3. The molecule has 14 heavy (non-hydrogen) atoms. The lowest BCUT2D eigenvalue weighted by atomic mass is 10.5. The van der Waals surface area contributed by atoms with Crippen molar-refractivity contribution in [3.8, 4) is 0 Å². The van der Waals surface area contributed by atoms with Crippen molar-refractivity contribution in [2.75, 3.05) is 12.9 Å². The molecule has 0 N–H and O–H groups in total. The van der Waals surface area contributed by atoms with Crippen molar-refractivity contribution in [1.29, 1.82) is 0 Å². The van der Waals surface area contributed by atoms with E-state index >= 15 is 0 Å². The zero-order valence-corrected chi connectivity index (χ0v) is 10.5. The molecule has 0 unspecified atom stereocenters. The molecule has 0 fully saturated rings. The summed E-state index contributed by atoms with van der Waals surface area (Å²) in [5.41, 5.74) is 0. The number of rotatable bonds is 4. The molecule has 0 aliphatic rings. The van der Waals surface area contributed by atoms with Gasteiger partial charge in [-0.2, -0.15) is 0 Å². The van der Waals surface area contributed by atoms with Gasteiger partial charge < -0.3 is 4.74 Å². The largest absolute Gasteiger partial charge is 0.469 e. The number of aromatic nitrogens is 2. The van der Waals surface area contributed by atoms with Crippen molar-refractivity contribution in [3.63, 3.8) is 0 Å². The molecule has 0 spiro atoms. The predicted octanol–water partition coefficient (Wildman–Crippen LogP) is 1.74. The molecule has 0 saturated heterocycles. The number of hydrogen-bond donors (Lipinski definition) is 0. The second-order valence-electron chi connectivity index (χ2n) is 2.36. The Balaban J connectivity index is 2.31. The van der Waals surface area contributed by atoms with Crippen LogP contribution in [0.3, 0.4) is 0 Å². The molecule has 0 saturated carbocycles. The van der Waals surface area contributed by atoms with Gasteiger partial charge in [-0.25, -0.2) is 9.97 Å². The summed E-state index contributed by atoms with van der Waals surface area (Å²) >= 11 is 3.59. The van der Waals surface area contributed by atoms with Crippen LogP contribution in [0.1, 0.15) is 6.42 Å². The molecule has 6 heteroatoms. The first-order valence-corrected chi connectivity index (χ1v) is 5.96. The normalized spacial score (nSPS) is 9.86. The number of halogens is 1. The molecule has 0 aliphatic carbocycles. The van der Waals surface area contributed by atoms with Gasteiger partial charge in [0.15, 0.2) is 5.16 Å². The Labute approximate surface area is 100.0 Å². The first-order valence-electron chi connectivity index (χ1n) is 3.89. The summed E-state index contributed by atoms with van der Waals surface area (Å²) in [4.78, 5) is 19.0. The summed E-state index contributed by atoms with van der Waals surface area (Å²) < 4.78 is 5.51. The van der Waals surface area contributed by atoms with Crippen LogP contribution in [-0.2, 0) is 9.53 Å². The quantitative estimate of drug-likeness (QED) is 0.365. The molecule has 0 aliphatic heterocycles. The highest BCUT2D eigenvalue weighted by atomic mass is 127. The molecule has 1 aromatic heterocycles. The lowest BCUT2D eigenvalue weighted by molar-refractivity contribution is -0.140. The van der Waals surface area contributed by atoms with E-state index in [1.165, 1.54) is 18.9 Å². The molecule has 0 amide bonds. The van der Waals surface area contributed by atoms with E-state index in [0.717, 1.165) is 3.57 Å². The molecule has 4 nitrogen and oxygen atoms in total. The molecular formula is C8H9IN2O2S. The van der Waals surface area contributed by atoms with Gasteiger partial charge in [-0.15, -0.1) is 0 Å². The van der Waals surface area contributed by atoms with Crippen molar-refractivity contribution < 1.29 is 9.53 Å².